The van der Waals surface area contributed by atoms with Crippen molar-refractivity contribution in [3.05, 3.63) is 13.6 Å². The van der Waals surface area contributed by atoms with E-state index >= 15 is 0 Å². The molecule has 0 atom stereocenters. The zero-order valence-corrected chi connectivity index (χ0v) is 14.9. The molecule has 0 aromatic carbocycles. The first-order valence-electron chi connectivity index (χ1n) is 6.01. The van der Waals surface area contributed by atoms with Crippen LogP contribution in [-0.2, 0) is 10.0 Å². The average molecular weight is 433 g/mol. The Morgan fingerprint density at radius 1 is 1.32 bits per heavy atom. The molecule has 108 valence electrons. The van der Waals surface area contributed by atoms with E-state index in [9.17, 15) is 13.5 Å². The zero-order valence-electron chi connectivity index (χ0n) is 10.1. The number of halogens is 2. The highest BCUT2D eigenvalue weighted by Crippen LogP contribution is 2.34. The lowest BCUT2D eigenvalue weighted by atomic mass is 9.88. The van der Waals surface area contributed by atoms with Crippen LogP contribution in [0.2, 0.25) is 0 Å². The number of rotatable bonds is 4. The van der Waals surface area contributed by atoms with Crippen molar-refractivity contribution >= 4 is 53.2 Å². The first-order valence-corrected chi connectivity index (χ1v) is 9.89. The number of aliphatic hydroxyl groups is 1. The molecule has 0 aliphatic heterocycles. The molecule has 8 heteroatoms. The summed E-state index contributed by atoms with van der Waals surface area (Å²) in [6.07, 6.45) is 3.06. The van der Waals surface area contributed by atoms with Gasteiger partial charge in [0.1, 0.15) is 4.90 Å². The first-order chi connectivity index (χ1) is 8.88. The molecule has 2 N–H and O–H groups in total. The van der Waals surface area contributed by atoms with Gasteiger partial charge < -0.3 is 5.11 Å². The second kappa shape index (κ2) is 6.53. The van der Waals surface area contributed by atoms with Crippen LogP contribution in [0.15, 0.2) is 18.5 Å². The van der Waals surface area contributed by atoms with Crippen LogP contribution in [-0.4, -0.2) is 26.2 Å². The quantitative estimate of drug-likeness (QED) is 0.767. The molecule has 0 saturated heterocycles. The Balaban J connectivity index is 1.96. The third-order valence-corrected chi connectivity index (χ3v) is 7.47. The number of thiophene rings is 1. The fourth-order valence-electron chi connectivity index (χ4n) is 2.16. The smallest absolute Gasteiger partial charge is 0.242 e. The highest BCUT2D eigenvalue weighted by atomic mass is 79.9. The molecule has 1 saturated carbocycles. The Morgan fingerprint density at radius 2 is 1.95 bits per heavy atom. The molecule has 4 nitrogen and oxygen atoms in total. The molecule has 0 bridgehead atoms. The van der Waals surface area contributed by atoms with E-state index in [2.05, 4.69) is 36.6 Å². The fourth-order valence-corrected chi connectivity index (χ4v) is 7.09. The summed E-state index contributed by atoms with van der Waals surface area (Å²) >= 11 is 7.88. The van der Waals surface area contributed by atoms with Gasteiger partial charge in [0.25, 0.3) is 0 Å². The maximum absolute atomic E-state index is 12.2. The van der Waals surface area contributed by atoms with Gasteiger partial charge in [0.2, 0.25) is 10.0 Å². The fraction of sp³-hybridized carbons (Fsp3) is 0.636. The molecule has 1 aliphatic rings. The minimum absolute atomic E-state index is 0.213. The molecule has 1 aliphatic carbocycles. The van der Waals surface area contributed by atoms with E-state index in [4.69, 9.17) is 0 Å². The van der Waals surface area contributed by atoms with Crippen molar-refractivity contribution in [2.75, 3.05) is 6.54 Å². The number of hydrogen-bond acceptors (Lipinski definition) is 4. The van der Waals surface area contributed by atoms with Crippen molar-refractivity contribution in [3.63, 3.8) is 0 Å². The largest absolute Gasteiger partial charge is 0.393 e. The Labute approximate surface area is 133 Å². The van der Waals surface area contributed by atoms with Gasteiger partial charge in [-0.05, 0) is 69.5 Å². The van der Waals surface area contributed by atoms with E-state index in [1.165, 1.54) is 11.3 Å². The summed E-state index contributed by atoms with van der Waals surface area (Å²) < 4.78 is 28.4. The van der Waals surface area contributed by atoms with Gasteiger partial charge >= 0.3 is 0 Å². The van der Waals surface area contributed by atoms with Gasteiger partial charge in [0.05, 0.1) is 13.7 Å². The van der Waals surface area contributed by atoms with Gasteiger partial charge in [-0.2, -0.15) is 0 Å². The standard InChI is InChI=1S/C11H15Br2NO3S2/c12-10-5-9(11(13)18-10)19(16,17)14-6-7-1-3-8(15)4-2-7/h5,7-8,14-15H,1-4,6H2. The van der Waals surface area contributed by atoms with Crippen LogP contribution in [0, 0.1) is 5.92 Å². The van der Waals surface area contributed by atoms with Gasteiger partial charge in [-0.25, -0.2) is 13.1 Å². The predicted octanol–water partition coefficient (Wildman–Crippen LogP) is 3.10. The summed E-state index contributed by atoms with van der Waals surface area (Å²) in [7, 11) is -3.46. The lowest BCUT2D eigenvalue weighted by Gasteiger charge is -2.25. The Hall–Kier alpha value is 0.530. The molecule has 19 heavy (non-hydrogen) atoms. The molecule has 1 fully saturated rings. The van der Waals surface area contributed by atoms with E-state index in [-0.39, 0.29) is 11.0 Å². The lowest BCUT2D eigenvalue weighted by molar-refractivity contribution is 0.109. The first kappa shape index (κ1) is 15.9. The summed E-state index contributed by atoms with van der Waals surface area (Å²) in [5.41, 5.74) is 0. The van der Waals surface area contributed by atoms with Gasteiger partial charge in [-0.1, -0.05) is 0 Å². The maximum atomic E-state index is 12.2. The van der Waals surface area contributed by atoms with Gasteiger partial charge in [-0.3, -0.25) is 0 Å². The van der Waals surface area contributed by atoms with Crippen molar-refractivity contribution in [1.82, 2.24) is 4.72 Å². The third-order valence-electron chi connectivity index (χ3n) is 3.29. The molecular weight excluding hydrogens is 418 g/mol. The summed E-state index contributed by atoms with van der Waals surface area (Å²) in [5, 5.41) is 9.42. The van der Waals surface area contributed by atoms with E-state index < -0.39 is 10.0 Å². The van der Waals surface area contributed by atoms with E-state index in [0.717, 1.165) is 29.5 Å². The second-order valence-corrected chi connectivity index (χ2v) is 10.2. The topological polar surface area (TPSA) is 66.4 Å². The van der Waals surface area contributed by atoms with Crippen LogP contribution in [0.4, 0.5) is 0 Å². The van der Waals surface area contributed by atoms with Crippen molar-refractivity contribution in [2.24, 2.45) is 5.92 Å². The molecule has 2 rings (SSSR count). The third kappa shape index (κ3) is 4.25. The molecule has 1 aromatic rings. The number of aliphatic hydroxyl groups excluding tert-OH is 1. The minimum atomic E-state index is -3.46. The second-order valence-electron chi connectivity index (χ2n) is 4.71. The van der Waals surface area contributed by atoms with Gasteiger partial charge in [-0.15, -0.1) is 11.3 Å². The van der Waals surface area contributed by atoms with Crippen LogP contribution in [0.3, 0.4) is 0 Å². The molecule has 1 heterocycles. The summed E-state index contributed by atoms with van der Waals surface area (Å²) in [5.74, 6) is 0.319. The van der Waals surface area contributed by atoms with Crippen molar-refractivity contribution < 1.29 is 13.5 Å². The van der Waals surface area contributed by atoms with Crippen LogP contribution in [0.1, 0.15) is 25.7 Å². The summed E-state index contributed by atoms with van der Waals surface area (Å²) in [6, 6.07) is 1.60. The van der Waals surface area contributed by atoms with Crippen molar-refractivity contribution in [3.8, 4) is 0 Å². The maximum Gasteiger partial charge on any atom is 0.242 e. The number of sulfonamides is 1. The monoisotopic (exact) mass is 431 g/mol. The van der Waals surface area contributed by atoms with Crippen LogP contribution in [0.25, 0.3) is 0 Å². The van der Waals surface area contributed by atoms with Crippen LogP contribution >= 0.6 is 43.2 Å². The normalized spacial score (nSPS) is 24.6. The minimum Gasteiger partial charge on any atom is -0.393 e. The van der Waals surface area contributed by atoms with E-state index in [0.29, 0.717) is 16.2 Å². The van der Waals surface area contributed by atoms with Gasteiger partial charge in [0.15, 0.2) is 0 Å². The highest BCUT2D eigenvalue weighted by Gasteiger charge is 2.24. The number of nitrogens with one attached hydrogen (secondary N) is 1. The Kier molecular flexibility index (Phi) is 5.47. The van der Waals surface area contributed by atoms with Crippen LogP contribution in [0.5, 0.6) is 0 Å². The lowest BCUT2D eigenvalue weighted by Crippen LogP contribution is -2.32. The highest BCUT2D eigenvalue weighted by molar-refractivity contribution is 9.12. The van der Waals surface area contributed by atoms with Gasteiger partial charge in [0, 0.05) is 6.54 Å². The summed E-state index contributed by atoms with van der Waals surface area (Å²) in [4.78, 5) is 0.278. The molecular formula is C11H15Br2NO3S2. The molecule has 0 unspecified atom stereocenters. The van der Waals surface area contributed by atoms with E-state index in [1.807, 2.05) is 0 Å². The van der Waals surface area contributed by atoms with Crippen molar-refractivity contribution in [2.45, 2.75) is 36.7 Å². The Morgan fingerprint density at radius 3 is 2.47 bits per heavy atom. The molecule has 0 spiro atoms. The molecule has 1 aromatic heterocycles. The average Bonchev–Trinajstić information content (AvgIpc) is 2.69. The van der Waals surface area contributed by atoms with Crippen molar-refractivity contribution in [1.29, 1.82) is 0 Å². The molecule has 0 amide bonds. The summed E-state index contributed by atoms with van der Waals surface area (Å²) in [6.45, 7) is 0.439. The Bertz CT molecular complexity index is 536. The zero-order chi connectivity index (χ0) is 14.0. The number of hydrogen-bond donors (Lipinski definition) is 2. The van der Waals surface area contributed by atoms with E-state index in [1.54, 1.807) is 6.07 Å². The predicted molar refractivity (Wildman–Crippen MR) is 82.9 cm³/mol. The van der Waals surface area contributed by atoms with Crippen LogP contribution < -0.4 is 4.72 Å². The molecule has 0 radical (unpaired) electrons. The SMILES string of the molecule is O=S(=O)(NCC1CCC(O)CC1)c1cc(Br)sc1Br.